The summed E-state index contributed by atoms with van der Waals surface area (Å²) in [7, 11) is 0. The van der Waals surface area contributed by atoms with Crippen LogP contribution in [0.2, 0.25) is 0 Å². The largest absolute Gasteiger partial charge is 0.505 e. The molecule has 0 radical (unpaired) electrons. The molecule has 0 aliphatic heterocycles. The highest BCUT2D eigenvalue weighted by Crippen LogP contribution is 1.89. The first-order valence-electron chi connectivity index (χ1n) is 4.36. The zero-order chi connectivity index (χ0) is 12.4. The lowest BCUT2D eigenvalue weighted by molar-refractivity contribution is -0.150. The average molecular weight is 232 g/mol. The van der Waals surface area contributed by atoms with Gasteiger partial charge in [0.15, 0.2) is 0 Å². The Balaban J connectivity index is 3.40. The number of hydrogen-bond acceptors (Lipinski definition) is 6. The van der Waals surface area contributed by atoms with Gasteiger partial charge in [-0.2, -0.15) is 0 Å². The second kappa shape index (κ2) is 8.27. The van der Waals surface area contributed by atoms with E-state index >= 15 is 0 Å². The lowest BCUT2D eigenvalue weighted by atomic mass is 10.5. The molecular weight excluding hydrogens is 220 g/mol. The molecule has 0 aliphatic carbocycles. The van der Waals surface area contributed by atoms with Crippen molar-refractivity contribution in [3.05, 3.63) is 12.7 Å². The molecule has 0 unspecified atom stereocenters. The van der Waals surface area contributed by atoms with Crippen LogP contribution in [-0.2, 0) is 23.8 Å². The minimum Gasteiger partial charge on any atom is -0.462 e. The predicted octanol–water partition coefficient (Wildman–Crippen LogP) is 0.343. The first-order valence-corrected chi connectivity index (χ1v) is 4.36. The third kappa shape index (κ3) is 8.54. The topological polar surface area (TPSA) is 99.1 Å². The molecule has 0 saturated carbocycles. The van der Waals surface area contributed by atoms with E-state index in [1.54, 1.807) is 0 Å². The summed E-state index contributed by atoms with van der Waals surface area (Å²) in [5, 5.41) is 8.09. The smallest absolute Gasteiger partial charge is 0.462 e. The Bertz CT molecular complexity index is 271. The fourth-order valence-corrected chi connectivity index (χ4v) is 0.651. The molecule has 1 N–H and O–H groups in total. The van der Waals surface area contributed by atoms with Gasteiger partial charge in [0.2, 0.25) is 0 Å². The standard InChI is InChI=1S/C9H12O7/c1-2-7(10)14-5-6-15-8(11)3-4-16-9(12)13/h2H,1,3-6H2,(H,12,13). The van der Waals surface area contributed by atoms with Crippen LogP contribution < -0.4 is 0 Å². The summed E-state index contributed by atoms with van der Waals surface area (Å²) in [5.41, 5.74) is 0. The molecule has 16 heavy (non-hydrogen) atoms. The van der Waals surface area contributed by atoms with Crippen LogP contribution in [0, 0.1) is 0 Å². The number of carbonyl (C=O) groups excluding carboxylic acids is 2. The minimum absolute atomic E-state index is 0.0730. The van der Waals surface area contributed by atoms with Crippen LogP contribution in [0.4, 0.5) is 4.79 Å². The van der Waals surface area contributed by atoms with Gasteiger partial charge in [0.05, 0.1) is 6.42 Å². The first kappa shape index (κ1) is 13.9. The molecule has 0 aliphatic rings. The molecule has 0 fully saturated rings. The van der Waals surface area contributed by atoms with E-state index < -0.39 is 18.1 Å². The molecule has 7 nitrogen and oxygen atoms in total. The Hall–Kier alpha value is -2.05. The van der Waals surface area contributed by atoms with Gasteiger partial charge in [-0.15, -0.1) is 0 Å². The van der Waals surface area contributed by atoms with Gasteiger partial charge in [-0.05, 0) is 0 Å². The van der Waals surface area contributed by atoms with Crippen LogP contribution >= 0.6 is 0 Å². The molecule has 0 rings (SSSR count). The Kier molecular flexibility index (Phi) is 7.21. The van der Waals surface area contributed by atoms with Gasteiger partial charge >= 0.3 is 18.1 Å². The van der Waals surface area contributed by atoms with Crippen molar-refractivity contribution in [1.29, 1.82) is 0 Å². The van der Waals surface area contributed by atoms with E-state index in [1.165, 1.54) is 0 Å². The third-order valence-corrected chi connectivity index (χ3v) is 1.29. The van der Waals surface area contributed by atoms with Crippen molar-refractivity contribution < 1.29 is 33.7 Å². The van der Waals surface area contributed by atoms with Crippen LogP contribution in [0.5, 0.6) is 0 Å². The van der Waals surface area contributed by atoms with Crippen molar-refractivity contribution in [3.8, 4) is 0 Å². The zero-order valence-corrected chi connectivity index (χ0v) is 8.51. The maximum absolute atomic E-state index is 10.9. The van der Waals surface area contributed by atoms with Crippen molar-refractivity contribution >= 4 is 18.1 Å². The molecule has 0 amide bonds. The summed E-state index contributed by atoms with van der Waals surface area (Å²) in [4.78, 5) is 31.3. The van der Waals surface area contributed by atoms with Gasteiger partial charge < -0.3 is 19.3 Å². The van der Waals surface area contributed by atoms with Crippen molar-refractivity contribution in [1.82, 2.24) is 0 Å². The highest BCUT2D eigenvalue weighted by atomic mass is 16.7. The lowest BCUT2D eigenvalue weighted by Gasteiger charge is -2.04. The number of esters is 2. The summed E-state index contributed by atoms with van der Waals surface area (Å²) in [6, 6.07) is 0. The van der Waals surface area contributed by atoms with Crippen molar-refractivity contribution in [2.45, 2.75) is 6.42 Å². The summed E-state index contributed by atoms with van der Waals surface area (Å²) in [6.07, 6.45) is -0.641. The predicted molar refractivity (Wildman–Crippen MR) is 50.7 cm³/mol. The second-order valence-electron chi connectivity index (χ2n) is 2.46. The van der Waals surface area contributed by atoms with E-state index in [2.05, 4.69) is 20.8 Å². The van der Waals surface area contributed by atoms with Crippen molar-refractivity contribution in [3.63, 3.8) is 0 Å². The molecule has 0 aromatic heterocycles. The lowest BCUT2D eigenvalue weighted by Crippen LogP contribution is -2.14. The van der Waals surface area contributed by atoms with Crippen molar-refractivity contribution in [2.75, 3.05) is 19.8 Å². The molecule has 0 spiro atoms. The van der Waals surface area contributed by atoms with E-state index in [-0.39, 0.29) is 26.2 Å². The van der Waals surface area contributed by atoms with Gasteiger partial charge in [-0.25, -0.2) is 9.59 Å². The second-order valence-corrected chi connectivity index (χ2v) is 2.46. The summed E-state index contributed by atoms with van der Waals surface area (Å²) in [5.74, 6) is -1.24. The van der Waals surface area contributed by atoms with Crippen molar-refractivity contribution in [2.24, 2.45) is 0 Å². The normalized spacial score (nSPS) is 9.00. The number of hydrogen-bond donors (Lipinski definition) is 1. The van der Waals surface area contributed by atoms with Gasteiger partial charge in [-0.1, -0.05) is 6.58 Å². The maximum atomic E-state index is 10.9. The van der Waals surface area contributed by atoms with Gasteiger partial charge in [0, 0.05) is 6.08 Å². The van der Waals surface area contributed by atoms with E-state index in [1.807, 2.05) is 0 Å². The Labute approximate surface area is 91.6 Å². The molecule has 7 heteroatoms. The van der Waals surface area contributed by atoms with Gasteiger partial charge in [0.25, 0.3) is 0 Å². The Morgan fingerprint density at radius 3 is 2.25 bits per heavy atom. The third-order valence-electron chi connectivity index (χ3n) is 1.29. The molecule has 0 aromatic rings. The molecular formula is C9H12O7. The highest BCUT2D eigenvalue weighted by molar-refractivity contribution is 5.81. The quantitative estimate of drug-likeness (QED) is 0.292. The zero-order valence-electron chi connectivity index (χ0n) is 8.51. The molecule has 0 saturated heterocycles. The maximum Gasteiger partial charge on any atom is 0.505 e. The number of carboxylic acid groups (broad SMARTS) is 1. The minimum atomic E-state index is -1.45. The van der Waals surface area contributed by atoms with Gasteiger partial charge in [0.1, 0.15) is 19.8 Å². The van der Waals surface area contributed by atoms with E-state index in [4.69, 9.17) is 5.11 Å². The monoisotopic (exact) mass is 232 g/mol. The van der Waals surface area contributed by atoms with E-state index in [9.17, 15) is 14.4 Å². The highest BCUT2D eigenvalue weighted by Gasteiger charge is 2.05. The first-order chi connectivity index (χ1) is 7.56. The van der Waals surface area contributed by atoms with Gasteiger partial charge in [-0.3, -0.25) is 4.79 Å². The number of carbonyl (C=O) groups is 3. The van der Waals surface area contributed by atoms with E-state index in [0.29, 0.717) is 0 Å². The molecule has 0 atom stereocenters. The fourth-order valence-electron chi connectivity index (χ4n) is 0.651. The Morgan fingerprint density at radius 1 is 1.06 bits per heavy atom. The number of ether oxygens (including phenoxy) is 3. The summed E-state index contributed by atoms with van der Waals surface area (Å²) < 4.78 is 13.2. The average Bonchev–Trinajstić information content (AvgIpc) is 2.23. The summed E-state index contributed by atoms with van der Waals surface area (Å²) in [6.45, 7) is 2.75. The molecule has 0 heterocycles. The van der Waals surface area contributed by atoms with E-state index in [0.717, 1.165) is 6.08 Å². The molecule has 90 valence electrons. The summed E-state index contributed by atoms with van der Waals surface area (Å²) >= 11 is 0. The fraction of sp³-hybridized carbons (Fsp3) is 0.444. The van der Waals surface area contributed by atoms with Crippen LogP contribution in [0.1, 0.15) is 6.42 Å². The van der Waals surface area contributed by atoms with Crippen LogP contribution in [0.15, 0.2) is 12.7 Å². The SMILES string of the molecule is C=CC(=O)OCCOC(=O)CCOC(=O)O. The van der Waals surface area contributed by atoms with Crippen LogP contribution in [0.3, 0.4) is 0 Å². The number of rotatable bonds is 7. The van der Waals surface area contributed by atoms with Crippen LogP contribution in [0.25, 0.3) is 0 Å². The molecule has 0 aromatic carbocycles. The van der Waals surface area contributed by atoms with Crippen LogP contribution in [-0.4, -0.2) is 43.0 Å². The Morgan fingerprint density at radius 2 is 1.69 bits per heavy atom. The molecule has 0 bridgehead atoms.